The van der Waals surface area contributed by atoms with Crippen LogP contribution in [0.15, 0.2) is 54.6 Å². The predicted molar refractivity (Wildman–Crippen MR) is 104 cm³/mol. The molecule has 130 valence electrons. The molecule has 0 radical (unpaired) electrons. The number of hydrogen-bond donors (Lipinski definition) is 0. The number of Topliss-reactive ketones (excluding diaryl/α,β-unsaturated/α-hetero) is 1. The van der Waals surface area contributed by atoms with Gasteiger partial charge < -0.3 is 9.64 Å². The van der Waals surface area contributed by atoms with Gasteiger partial charge in [0, 0.05) is 23.1 Å². The Morgan fingerprint density at radius 1 is 1.12 bits per heavy atom. The van der Waals surface area contributed by atoms with Gasteiger partial charge in [0.25, 0.3) is 5.91 Å². The Morgan fingerprint density at radius 2 is 1.85 bits per heavy atom. The number of thiophene rings is 1. The number of anilines is 1. The van der Waals surface area contributed by atoms with E-state index in [0.717, 1.165) is 10.4 Å². The number of fused-ring (bicyclic) bond motifs is 3. The summed E-state index contributed by atoms with van der Waals surface area (Å²) in [5.74, 6) is 0.314. The molecule has 2 heterocycles. The van der Waals surface area contributed by atoms with E-state index in [1.54, 1.807) is 25.2 Å². The number of rotatable bonds is 2. The third-order valence-corrected chi connectivity index (χ3v) is 5.73. The smallest absolute Gasteiger partial charge is 0.268 e. The van der Waals surface area contributed by atoms with Gasteiger partial charge in [-0.2, -0.15) is 0 Å². The molecule has 0 saturated carbocycles. The highest BCUT2D eigenvalue weighted by molar-refractivity contribution is 7.18. The van der Waals surface area contributed by atoms with Gasteiger partial charge in [-0.3, -0.25) is 9.59 Å². The number of carbonyl (C=O) groups excluding carboxylic acids is 2. The quantitative estimate of drug-likeness (QED) is 0.631. The van der Waals surface area contributed by atoms with Gasteiger partial charge in [-0.25, -0.2) is 0 Å². The van der Waals surface area contributed by atoms with Crippen LogP contribution in [0.25, 0.3) is 10.4 Å². The molecule has 0 unspecified atom stereocenters. The Balaban J connectivity index is 1.77. The van der Waals surface area contributed by atoms with E-state index < -0.39 is 0 Å². The molecule has 2 aromatic carbocycles. The summed E-state index contributed by atoms with van der Waals surface area (Å²) in [6.45, 7) is -0.0330. The van der Waals surface area contributed by atoms with Gasteiger partial charge in [0.1, 0.15) is 5.75 Å². The molecule has 1 amide bonds. The fourth-order valence-corrected chi connectivity index (χ4v) is 4.35. The number of nitrogens with zero attached hydrogens (tertiary/aromatic N) is 1. The minimum Gasteiger partial charge on any atom is -0.485 e. The van der Waals surface area contributed by atoms with Crippen LogP contribution < -0.4 is 9.64 Å². The molecule has 0 aliphatic carbocycles. The van der Waals surface area contributed by atoms with E-state index in [-0.39, 0.29) is 18.3 Å². The number of ether oxygens (including phenoxy) is 1. The van der Waals surface area contributed by atoms with Crippen LogP contribution in [0.1, 0.15) is 20.0 Å². The fourth-order valence-electron chi connectivity index (χ4n) is 2.90. The maximum Gasteiger partial charge on any atom is 0.268 e. The molecule has 3 aromatic rings. The molecule has 1 aliphatic heterocycles. The average Bonchev–Trinajstić information content (AvgIpc) is 3.06. The van der Waals surface area contributed by atoms with E-state index in [2.05, 4.69) is 0 Å². The van der Waals surface area contributed by atoms with Crippen LogP contribution in [0.3, 0.4) is 0 Å². The van der Waals surface area contributed by atoms with Crippen molar-refractivity contribution in [3.63, 3.8) is 0 Å². The topological polar surface area (TPSA) is 46.6 Å². The molecule has 0 atom stereocenters. The Bertz CT molecular complexity index is 1030. The third-order valence-electron chi connectivity index (χ3n) is 4.25. The Morgan fingerprint density at radius 3 is 2.65 bits per heavy atom. The monoisotopic (exact) mass is 383 g/mol. The van der Waals surface area contributed by atoms with Crippen molar-refractivity contribution in [2.75, 3.05) is 18.6 Å². The standard InChI is InChI=1S/C20H14ClNO3S/c1-22(15-8-4-3-7-14(15)21)20(24)18-10-13-16(23)11-25-17-9-5-2-6-12(17)19(13)26-18/h2-10H,11H2,1H3. The predicted octanol–water partition coefficient (Wildman–Crippen LogP) is 4.92. The normalized spacial score (nSPS) is 12.6. The summed E-state index contributed by atoms with van der Waals surface area (Å²) in [5.41, 5.74) is 1.98. The Kier molecular flexibility index (Phi) is 4.26. The van der Waals surface area contributed by atoms with Crippen LogP contribution in [0.5, 0.6) is 5.75 Å². The van der Waals surface area contributed by atoms with Gasteiger partial charge in [0.2, 0.25) is 5.78 Å². The maximum absolute atomic E-state index is 13.0. The van der Waals surface area contributed by atoms with Crippen molar-refractivity contribution in [1.82, 2.24) is 0 Å². The van der Waals surface area contributed by atoms with Crippen molar-refractivity contribution in [1.29, 1.82) is 0 Å². The summed E-state index contributed by atoms with van der Waals surface area (Å²) in [6, 6.07) is 16.3. The van der Waals surface area contributed by atoms with Crippen molar-refractivity contribution in [3.8, 4) is 16.2 Å². The lowest BCUT2D eigenvalue weighted by Gasteiger charge is -2.17. The van der Waals surface area contributed by atoms with Gasteiger partial charge in [-0.05, 0) is 30.3 Å². The number of benzene rings is 2. The summed E-state index contributed by atoms with van der Waals surface area (Å²) >= 11 is 7.50. The van der Waals surface area contributed by atoms with Crippen LogP contribution in [-0.2, 0) is 0 Å². The van der Waals surface area contributed by atoms with Gasteiger partial charge in [0.15, 0.2) is 6.61 Å². The number of carbonyl (C=O) groups is 2. The van der Waals surface area contributed by atoms with E-state index in [0.29, 0.717) is 26.9 Å². The third kappa shape index (κ3) is 2.79. The van der Waals surface area contributed by atoms with Gasteiger partial charge in [-0.15, -0.1) is 11.3 Å². The summed E-state index contributed by atoms with van der Waals surface area (Å²) in [7, 11) is 1.67. The van der Waals surface area contributed by atoms with Gasteiger partial charge >= 0.3 is 0 Å². The zero-order chi connectivity index (χ0) is 18.3. The van der Waals surface area contributed by atoms with E-state index in [4.69, 9.17) is 16.3 Å². The van der Waals surface area contributed by atoms with Crippen LogP contribution in [0.4, 0.5) is 5.69 Å². The van der Waals surface area contributed by atoms with Crippen LogP contribution >= 0.6 is 22.9 Å². The van der Waals surface area contributed by atoms with Crippen molar-refractivity contribution >= 4 is 40.3 Å². The summed E-state index contributed by atoms with van der Waals surface area (Å²) < 4.78 is 5.58. The molecular weight excluding hydrogens is 370 g/mol. The highest BCUT2D eigenvalue weighted by Crippen LogP contribution is 2.41. The van der Waals surface area contributed by atoms with E-state index >= 15 is 0 Å². The summed E-state index contributed by atoms with van der Waals surface area (Å²) in [6.07, 6.45) is 0. The first kappa shape index (κ1) is 16.8. The highest BCUT2D eigenvalue weighted by Gasteiger charge is 2.27. The molecule has 0 saturated heterocycles. The van der Waals surface area contributed by atoms with Crippen molar-refractivity contribution in [3.05, 3.63) is 70.1 Å². The molecule has 1 aromatic heterocycles. The maximum atomic E-state index is 13.0. The molecule has 0 spiro atoms. The number of ketones is 1. The zero-order valence-corrected chi connectivity index (χ0v) is 15.4. The second-order valence-electron chi connectivity index (χ2n) is 5.88. The Hall–Kier alpha value is -2.63. The largest absolute Gasteiger partial charge is 0.485 e. The number of hydrogen-bond acceptors (Lipinski definition) is 4. The summed E-state index contributed by atoms with van der Waals surface area (Å²) in [4.78, 5) is 28.1. The molecular formula is C20H14ClNO3S. The fraction of sp³-hybridized carbons (Fsp3) is 0.100. The van der Waals surface area contributed by atoms with Crippen molar-refractivity contribution in [2.24, 2.45) is 0 Å². The molecule has 6 heteroatoms. The number of halogens is 1. The van der Waals surface area contributed by atoms with Gasteiger partial charge in [0.05, 0.1) is 15.6 Å². The van der Waals surface area contributed by atoms with Crippen LogP contribution in [0, 0.1) is 0 Å². The summed E-state index contributed by atoms with van der Waals surface area (Å²) in [5, 5.41) is 0.497. The van der Waals surface area contributed by atoms with E-state index in [1.807, 2.05) is 36.4 Å². The first-order valence-corrected chi connectivity index (χ1v) is 9.17. The molecule has 0 fully saturated rings. The minimum atomic E-state index is -0.206. The Labute approximate surface area is 159 Å². The second kappa shape index (κ2) is 6.59. The second-order valence-corrected chi connectivity index (χ2v) is 7.34. The van der Waals surface area contributed by atoms with Crippen molar-refractivity contribution < 1.29 is 14.3 Å². The van der Waals surface area contributed by atoms with Crippen molar-refractivity contribution in [2.45, 2.75) is 0 Å². The molecule has 4 nitrogen and oxygen atoms in total. The lowest BCUT2D eigenvalue weighted by atomic mass is 10.1. The van der Waals surface area contributed by atoms with E-state index in [9.17, 15) is 9.59 Å². The lowest BCUT2D eigenvalue weighted by Crippen LogP contribution is -2.25. The van der Waals surface area contributed by atoms with Gasteiger partial charge in [-0.1, -0.05) is 35.9 Å². The average molecular weight is 384 g/mol. The zero-order valence-electron chi connectivity index (χ0n) is 13.9. The SMILES string of the molecule is CN(C(=O)c1cc2c(s1)-c1ccccc1OCC2=O)c1ccccc1Cl. The molecule has 0 N–H and O–H groups in total. The number of para-hydroxylation sites is 2. The minimum absolute atomic E-state index is 0.0330. The lowest BCUT2D eigenvalue weighted by molar-refractivity contribution is 0.0926. The number of amides is 1. The van der Waals surface area contributed by atoms with Crippen LogP contribution in [-0.4, -0.2) is 25.3 Å². The first-order chi connectivity index (χ1) is 12.6. The molecule has 26 heavy (non-hydrogen) atoms. The van der Waals surface area contributed by atoms with Crippen LogP contribution in [0.2, 0.25) is 5.02 Å². The molecule has 4 rings (SSSR count). The first-order valence-electron chi connectivity index (χ1n) is 7.98. The molecule has 1 aliphatic rings. The molecule has 0 bridgehead atoms. The highest BCUT2D eigenvalue weighted by atomic mass is 35.5. The van der Waals surface area contributed by atoms with E-state index in [1.165, 1.54) is 16.2 Å².